The minimum atomic E-state index is -6.00. The third-order valence-corrected chi connectivity index (χ3v) is 7.23. The van der Waals surface area contributed by atoms with Crippen molar-refractivity contribution in [1.29, 1.82) is 0 Å². The fourth-order valence-corrected chi connectivity index (χ4v) is 5.47. The number of aliphatic hydroxyl groups is 1. The number of aromatic nitrogens is 1. The lowest BCUT2D eigenvalue weighted by Gasteiger charge is -2.30. The maximum absolute atomic E-state index is 13.1. The Balaban J connectivity index is 1.67. The Labute approximate surface area is 207 Å². The van der Waals surface area contributed by atoms with Gasteiger partial charge in [-0.2, -0.15) is 26.3 Å². The summed E-state index contributed by atoms with van der Waals surface area (Å²) >= 11 is 0.819. The van der Waals surface area contributed by atoms with E-state index in [1.54, 1.807) is 36.4 Å². The van der Waals surface area contributed by atoms with Crippen LogP contribution in [0.4, 0.5) is 26.3 Å². The van der Waals surface area contributed by atoms with Gasteiger partial charge in [0.2, 0.25) is 0 Å². The molecule has 0 saturated heterocycles. The number of benzene rings is 2. The Bertz CT molecular complexity index is 1430. The van der Waals surface area contributed by atoms with E-state index in [-0.39, 0.29) is 21.3 Å². The van der Waals surface area contributed by atoms with Crippen LogP contribution in [-0.2, 0) is 5.60 Å². The normalized spacial score (nSPS) is 12.8. The standard InChI is InChI=1S/C23H15F6NO4S2/c1-2-33-13-5-3-12(4-6-13)16-10-19(31)34-17-9-14(7-8-15(16)17)35-20-30-11-18(36-20)21(32,22(24,25)26)23(27,28)29/h3-11,32H,2H2,1H3. The highest BCUT2D eigenvalue weighted by Gasteiger charge is 2.72. The van der Waals surface area contributed by atoms with E-state index >= 15 is 0 Å². The Morgan fingerprint density at radius 1 is 1.03 bits per heavy atom. The van der Waals surface area contributed by atoms with E-state index in [9.17, 15) is 36.2 Å². The maximum Gasteiger partial charge on any atom is 0.431 e. The number of ether oxygens (including phenoxy) is 1. The van der Waals surface area contributed by atoms with E-state index in [2.05, 4.69) is 4.98 Å². The summed E-state index contributed by atoms with van der Waals surface area (Å²) in [6, 6.07) is 12.9. The Morgan fingerprint density at radius 2 is 1.69 bits per heavy atom. The lowest BCUT2D eigenvalue weighted by Crippen LogP contribution is -2.53. The molecule has 13 heteroatoms. The van der Waals surface area contributed by atoms with Gasteiger partial charge in [-0.25, -0.2) is 9.78 Å². The molecule has 5 nitrogen and oxygen atoms in total. The molecule has 0 spiro atoms. The molecule has 1 N–H and O–H groups in total. The molecule has 190 valence electrons. The molecule has 0 bridgehead atoms. The van der Waals surface area contributed by atoms with Gasteiger partial charge in [0.1, 0.15) is 11.3 Å². The fraction of sp³-hybridized carbons (Fsp3) is 0.217. The van der Waals surface area contributed by atoms with Crippen LogP contribution >= 0.6 is 23.1 Å². The maximum atomic E-state index is 13.1. The summed E-state index contributed by atoms with van der Waals surface area (Å²) in [4.78, 5) is 14.7. The Hall–Kier alpha value is -3.03. The minimum Gasteiger partial charge on any atom is -0.494 e. The number of halogens is 6. The van der Waals surface area contributed by atoms with Crippen molar-refractivity contribution in [1.82, 2.24) is 4.98 Å². The summed E-state index contributed by atoms with van der Waals surface area (Å²) in [6.45, 7) is 2.34. The molecular weight excluding hydrogens is 532 g/mol. The van der Waals surface area contributed by atoms with E-state index in [1.807, 2.05) is 6.92 Å². The van der Waals surface area contributed by atoms with E-state index in [0.717, 1.165) is 11.8 Å². The zero-order chi connectivity index (χ0) is 26.3. The van der Waals surface area contributed by atoms with E-state index < -0.39 is 28.5 Å². The van der Waals surface area contributed by atoms with Crippen molar-refractivity contribution in [2.45, 2.75) is 34.1 Å². The lowest BCUT2D eigenvalue weighted by molar-refractivity contribution is -0.375. The van der Waals surface area contributed by atoms with Gasteiger partial charge in [0.05, 0.1) is 11.5 Å². The summed E-state index contributed by atoms with van der Waals surface area (Å²) in [5.74, 6) is 0.651. The van der Waals surface area contributed by atoms with Gasteiger partial charge >= 0.3 is 18.0 Å². The second kappa shape index (κ2) is 9.45. The zero-order valence-electron chi connectivity index (χ0n) is 18.1. The zero-order valence-corrected chi connectivity index (χ0v) is 19.7. The number of nitrogens with zero attached hydrogens (tertiary/aromatic N) is 1. The van der Waals surface area contributed by atoms with Gasteiger partial charge in [-0.1, -0.05) is 23.9 Å². The number of alkyl halides is 6. The van der Waals surface area contributed by atoms with Crippen molar-refractivity contribution in [2.75, 3.05) is 6.61 Å². The monoisotopic (exact) mass is 547 g/mol. The molecule has 4 aromatic rings. The second-order valence-corrected chi connectivity index (χ2v) is 9.74. The van der Waals surface area contributed by atoms with E-state index in [0.29, 0.717) is 40.0 Å². The first-order valence-corrected chi connectivity index (χ1v) is 11.8. The van der Waals surface area contributed by atoms with Crippen LogP contribution in [0.3, 0.4) is 0 Å². The molecule has 0 aliphatic rings. The van der Waals surface area contributed by atoms with Crippen LogP contribution in [0, 0.1) is 0 Å². The van der Waals surface area contributed by atoms with Crippen molar-refractivity contribution in [3.05, 3.63) is 70.0 Å². The average Bonchev–Trinajstić information content (AvgIpc) is 3.25. The predicted molar refractivity (Wildman–Crippen MR) is 121 cm³/mol. The Morgan fingerprint density at radius 3 is 2.31 bits per heavy atom. The molecule has 2 heterocycles. The summed E-state index contributed by atoms with van der Waals surface area (Å²) < 4.78 is 89.3. The van der Waals surface area contributed by atoms with Crippen LogP contribution in [0.15, 0.2) is 73.2 Å². The van der Waals surface area contributed by atoms with Crippen LogP contribution in [0.25, 0.3) is 22.1 Å². The largest absolute Gasteiger partial charge is 0.494 e. The van der Waals surface area contributed by atoms with E-state index in [1.165, 1.54) is 12.1 Å². The van der Waals surface area contributed by atoms with E-state index in [4.69, 9.17) is 9.15 Å². The topological polar surface area (TPSA) is 72.6 Å². The van der Waals surface area contributed by atoms with Crippen molar-refractivity contribution in [3.63, 3.8) is 0 Å². The molecule has 2 aromatic carbocycles. The first-order chi connectivity index (χ1) is 16.8. The molecule has 0 aliphatic carbocycles. The quantitative estimate of drug-likeness (QED) is 0.212. The van der Waals surface area contributed by atoms with Crippen LogP contribution in [0.1, 0.15) is 11.8 Å². The van der Waals surface area contributed by atoms with Crippen LogP contribution in [0.5, 0.6) is 5.75 Å². The fourth-order valence-electron chi connectivity index (χ4n) is 3.36. The highest BCUT2D eigenvalue weighted by molar-refractivity contribution is 8.01. The van der Waals surface area contributed by atoms with Crippen molar-refractivity contribution >= 4 is 34.1 Å². The van der Waals surface area contributed by atoms with Crippen molar-refractivity contribution < 1.29 is 40.6 Å². The van der Waals surface area contributed by atoms with Gasteiger partial charge in [-0.05, 0) is 48.4 Å². The Kier molecular flexibility index (Phi) is 6.84. The summed E-state index contributed by atoms with van der Waals surface area (Å²) in [5, 5.41) is 10.1. The van der Waals surface area contributed by atoms with Crippen LogP contribution in [0.2, 0.25) is 0 Å². The van der Waals surface area contributed by atoms with Crippen molar-refractivity contribution in [3.8, 4) is 16.9 Å². The van der Waals surface area contributed by atoms with Gasteiger partial charge < -0.3 is 14.3 Å². The van der Waals surface area contributed by atoms with Crippen molar-refractivity contribution in [2.24, 2.45) is 0 Å². The molecule has 0 radical (unpaired) electrons. The van der Waals surface area contributed by atoms with Gasteiger partial charge in [0.25, 0.3) is 5.60 Å². The summed E-state index contributed by atoms with van der Waals surface area (Å²) in [5.41, 5.74) is -4.25. The smallest absolute Gasteiger partial charge is 0.431 e. The first kappa shape index (κ1) is 26.0. The van der Waals surface area contributed by atoms with Gasteiger partial charge in [-0.3, -0.25) is 0 Å². The first-order valence-electron chi connectivity index (χ1n) is 10.1. The lowest BCUT2D eigenvalue weighted by atomic mass is 10.0. The molecule has 4 rings (SSSR count). The molecule has 0 saturated carbocycles. The number of hydrogen-bond donors (Lipinski definition) is 1. The SMILES string of the molecule is CCOc1ccc(-c2cc(=O)oc3cc(Sc4ncc(C(O)(C(F)(F)F)C(F)(F)F)s4)ccc23)cc1. The second-order valence-electron chi connectivity index (χ2n) is 7.39. The molecule has 0 fully saturated rings. The molecule has 0 amide bonds. The number of hydrogen-bond acceptors (Lipinski definition) is 7. The summed E-state index contributed by atoms with van der Waals surface area (Å²) in [7, 11) is 0. The third kappa shape index (κ3) is 4.82. The van der Waals surface area contributed by atoms with Gasteiger partial charge in [0.15, 0.2) is 4.34 Å². The molecular formula is C23H15F6NO4S2. The minimum absolute atomic E-state index is 0.0599. The average molecular weight is 547 g/mol. The third-order valence-electron chi connectivity index (χ3n) is 5.06. The predicted octanol–water partition coefficient (Wildman–Crippen LogP) is 6.78. The molecule has 36 heavy (non-hydrogen) atoms. The molecule has 0 atom stereocenters. The van der Waals surface area contributed by atoms with Gasteiger partial charge in [0, 0.05) is 22.5 Å². The molecule has 0 unspecified atom stereocenters. The van der Waals surface area contributed by atoms with Crippen LogP contribution in [-0.4, -0.2) is 29.0 Å². The number of thiazole rings is 1. The molecule has 0 aliphatic heterocycles. The van der Waals surface area contributed by atoms with Crippen LogP contribution < -0.4 is 10.4 Å². The summed E-state index contributed by atoms with van der Waals surface area (Å²) in [6.07, 6.45) is -11.6. The number of rotatable bonds is 6. The molecule has 2 aromatic heterocycles. The highest BCUT2D eigenvalue weighted by Crippen LogP contribution is 2.52. The number of fused-ring (bicyclic) bond motifs is 1. The van der Waals surface area contributed by atoms with Gasteiger partial charge in [-0.15, -0.1) is 11.3 Å². The highest BCUT2D eigenvalue weighted by atomic mass is 32.2.